The lowest BCUT2D eigenvalue weighted by Gasteiger charge is -2.42. The van der Waals surface area contributed by atoms with Crippen molar-refractivity contribution in [2.24, 2.45) is 0 Å². The van der Waals surface area contributed by atoms with Crippen LogP contribution < -0.4 is 5.32 Å². The molecular formula is C9H15N3O2. The Morgan fingerprint density at radius 2 is 2.00 bits per heavy atom. The predicted molar refractivity (Wildman–Crippen MR) is 50.3 cm³/mol. The molecule has 3 heterocycles. The molecule has 0 aromatic rings. The van der Waals surface area contributed by atoms with E-state index in [1.807, 2.05) is 0 Å². The lowest BCUT2D eigenvalue weighted by atomic mass is 10.1. The normalized spacial score (nSPS) is 37.6. The maximum absolute atomic E-state index is 10.8. The number of fused-ring (bicyclic) bond motifs is 2. The Balaban J connectivity index is 1.67. The average Bonchev–Trinajstić information content (AvgIpc) is 2.58. The van der Waals surface area contributed by atoms with E-state index in [2.05, 4.69) is 10.2 Å². The van der Waals surface area contributed by atoms with Crippen molar-refractivity contribution in [3.8, 4) is 0 Å². The summed E-state index contributed by atoms with van der Waals surface area (Å²) in [6.07, 6.45) is 0.298. The number of amides is 1. The topological polar surface area (TPSA) is 55.8 Å². The molecule has 0 aromatic carbocycles. The van der Waals surface area contributed by atoms with Crippen LogP contribution in [0.4, 0.5) is 4.79 Å². The molecule has 5 nitrogen and oxygen atoms in total. The SMILES string of the molecule is O=C(O)N1C[C@@H]2C[C@H]1CN2C1CNC1. The van der Waals surface area contributed by atoms with Crippen molar-refractivity contribution in [2.45, 2.75) is 24.5 Å². The summed E-state index contributed by atoms with van der Waals surface area (Å²) in [6.45, 7) is 3.83. The molecule has 2 N–H and O–H groups in total. The third-order valence-electron chi connectivity index (χ3n) is 3.76. The Kier molecular flexibility index (Phi) is 1.72. The number of nitrogens with one attached hydrogen (secondary N) is 1. The van der Waals surface area contributed by atoms with Crippen molar-refractivity contribution in [1.82, 2.24) is 15.1 Å². The Hall–Kier alpha value is -0.810. The fourth-order valence-corrected chi connectivity index (χ4v) is 2.89. The fourth-order valence-electron chi connectivity index (χ4n) is 2.89. The Labute approximate surface area is 82.7 Å². The summed E-state index contributed by atoms with van der Waals surface area (Å²) < 4.78 is 0. The molecule has 0 saturated carbocycles. The quantitative estimate of drug-likeness (QED) is 0.589. The standard InChI is InChI=1S/C9H15N3O2/c13-9(14)12-5-6-1-7(12)4-11(6)8-2-10-3-8/h6-8,10H,1-5H2,(H,13,14)/t6-,7-/m0/s1. The number of nitrogens with zero attached hydrogens (tertiary/aromatic N) is 2. The second-order valence-corrected chi connectivity index (χ2v) is 4.49. The highest BCUT2D eigenvalue weighted by atomic mass is 16.4. The Morgan fingerprint density at radius 1 is 1.21 bits per heavy atom. The molecule has 1 amide bonds. The number of likely N-dealkylation sites (tertiary alicyclic amines) is 2. The van der Waals surface area contributed by atoms with Crippen molar-refractivity contribution >= 4 is 6.09 Å². The van der Waals surface area contributed by atoms with E-state index in [-0.39, 0.29) is 6.04 Å². The zero-order valence-electron chi connectivity index (χ0n) is 8.02. The van der Waals surface area contributed by atoms with E-state index in [0.717, 1.165) is 32.6 Å². The van der Waals surface area contributed by atoms with E-state index in [4.69, 9.17) is 5.11 Å². The Morgan fingerprint density at radius 3 is 2.43 bits per heavy atom. The number of rotatable bonds is 1. The number of hydrogen-bond donors (Lipinski definition) is 2. The van der Waals surface area contributed by atoms with Gasteiger partial charge in [-0.25, -0.2) is 4.79 Å². The van der Waals surface area contributed by atoms with Crippen molar-refractivity contribution in [3.05, 3.63) is 0 Å². The largest absolute Gasteiger partial charge is 0.465 e. The van der Waals surface area contributed by atoms with Gasteiger partial charge in [0.15, 0.2) is 0 Å². The molecule has 0 radical (unpaired) electrons. The lowest BCUT2D eigenvalue weighted by Crippen LogP contribution is -2.62. The number of piperazine rings is 1. The summed E-state index contributed by atoms with van der Waals surface area (Å²) in [5, 5.41) is 12.2. The monoisotopic (exact) mass is 197 g/mol. The molecule has 78 valence electrons. The van der Waals surface area contributed by atoms with Crippen LogP contribution in [0.5, 0.6) is 0 Å². The first-order chi connectivity index (χ1) is 6.75. The van der Waals surface area contributed by atoms with Crippen molar-refractivity contribution in [1.29, 1.82) is 0 Å². The molecular weight excluding hydrogens is 182 g/mol. The summed E-state index contributed by atoms with van der Waals surface area (Å²) in [6, 6.07) is 1.42. The second-order valence-electron chi connectivity index (χ2n) is 4.49. The van der Waals surface area contributed by atoms with E-state index < -0.39 is 6.09 Å². The van der Waals surface area contributed by atoms with Crippen LogP contribution in [0, 0.1) is 0 Å². The van der Waals surface area contributed by atoms with Crippen molar-refractivity contribution in [3.63, 3.8) is 0 Å². The van der Waals surface area contributed by atoms with Crippen LogP contribution in [-0.2, 0) is 0 Å². The maximum Gasteiger partial charge on any atom is 0.407 e. The summed E-state index contributed by atoms with van der Waals surface area (Å²) in [5.74, 6) is 0. The molecule has 14 heavy (non-hydrogen) atoms. The molecule has 5 heteroatoms. The van der Waals surface area contributed by atoms with Crippen LogP contribution in [0.3, 0.4) is 0 Å². The molecule has 0 aliphatic carbocycles. The minimum absolute atomic E-state index is 0.262. The van der Waals surface area contributed by atoms with Crippen LogP contribution in [0.1, 0.15) is 6.42 Å². The second kappa shape index (κ2) is 2.84. The smallest absolute Gasteiger partial charge is 0.407 e. The molecule has 3 rings (SSSR count). The highest BCUT2D eigenvalue weighted by Crippen LogP contribution is 2.32. The average molecular weight is 197 g/mol. The number of carbonyl (C=O) groups is 1. The van der Waals surface area contributed by atoms with Gasteiger partial charge in [-0.2, -0.15) is 0 Å². The van der Waals surface area contributed by atoms with Crippen LogP contribution in [0.25, 0.3) is 0 Å². The van der Waals surface area contributed by atoms with Gasteiger partial charge in [-0.05, 0) is 6.42 Å². The number of carboxylic acid groups (broad SMARTS) is 1. The van der Waals surface area contributed by atoms with Crippen LogP contribution in [0.2, 0.25) is 0 Å². The zero-order chi connectivity index (χ0) is 9.71. The van der Waals surface area contributed by atoms with E-state index in [0.29, 0.717) is 12.1 Å². The van der Waals surface area contributed by atoms with Gasteiger partial charge in [0.1, 0.15) is 0 Å². The highest BCUT2D eigenvalue weighted by Gasteiger charge is 2.48. The summed E-state index contributed by atoms with van der Waals surface area (Å²) >= 11 is 0. The fraction of sp³-hybridized carbons (Fsp3) is 0.889. The molecule has 2 atom stereocenters. The minimum atomic E-state index is -0.746. The Bertz CT molecular complexity index is 267. The third-order valence-corrected chi connectivity index (χ3v) is 3.76. The highest BCUT2D eigenvalue weighted by molar-refractivity contribution is 5.66. The van der Waals surface area contributed by atoms with Gasteiger partial charge < -0.3 is 15.3 Å². The molecule has 2 bridgehead atoms. The predicted octanol–water partition coefficient (Wildman–Crippen LogP) is -0.605. The van der Waals surface area contributed by atoms with Crippen molar-refractivity contribution in [2.75, 3.05) is 26.2 Å². The van der Waals surface area contributed by atoms with Gasteiger partial charge in [-0.15, -0.1) is 0 Å². The molecule has 3 aliphatic rings. The van der Waals surface area contributed by atoms with Crippen LogP contribution in [-0.4, -0.2) is 65.3 Å². The van der Waals surface area contributed by atoms with Crippen LogP contribution >= 0.6 is 0 Å². The molecule has 0 spiro atoms. The zero-order valence-corrected chi connectivity index (χ0v) is 8.02. The lowest BCUT2D eigenvalue weighted by molar-refractivity contribution is 0.0653. The van der Waals surface area contributed by atoms with Gasteiger partial charge in [0.25, 0.3) is 0 Å². The van der Waals surface area contributed by atoms with E-state index in [1.54, 1.807) is 4.90 Å². The summed E-state index contributed by atoms with van der Waals surface area (Å²) in [5.41, 5.74) is 0. The van der Waals surface area contributed by atoms with Crippen molar-refractivity contribution < 1.29 is 9.90 Å². The van der Waals surface area contributed by atoms with Crippen LogP contribution in [0.15, 0.2) is 0 Å². The van der Waals surface area contributed by atoms with Gasteiger partial charge >= 0.3 is 6.09 Å². The third kappa shape index (κ3) is 1.05. The molecule has 0 aromatic heterocycles. The van der Waals surface area contributed by atoms with Gasteiger partial charge in [0, 0.05) is 44.3 Å². The van der Waals surface area contributed by atoms with Gasteiger partial charge in [-0.1, -0.05) is 0 Å². The summed E-state index contributed by atoms with van der Waals surface area (Å²) in [4.78, 5) is 14.9. The van der Waals surface area contributed by atoms with Gasteiger partial charge in [0.05, 0.1) is 0 Å². The first-order valence-corrected chi connectivity index (χ1v) is 5.21. The maximum atomic E-state index is 10.8. The van der Waals surface area contributed by atoms with E-state index in [9.17, 15) is 4.79 Å². The number of hydrogen-bond acceptors (Lipinski definition) is 3. The minimum Gasteiger partial charge on any atom is -0.465 e. The van der Waals surface area contributed by atoms with E-state index >= 15 is 0 Å². The van der Waals surface area contributed by atoms with E-state index in [1.165, 1.54) is 0 Å². The molecule has 0 unspecified atom stereocenters. The molecule has 3 fully saturated rings. The first-order valence-electron chi connectivity index (χ1n) is 5.21. The first kappa shape index (κ1) is 8.49. The van der Waals surface area contributed by atoms with Gasteiger partial charge in [0.2, 0.25) is 0 Å². The van der Waals surface area contributed by atoms with Gasteiger partial charge in [-0.3, -0.25) is 4.90 Å². The molecule has 3 saturated heterocycles. The summed E-state index contributed by atoms with van der Waals surface area (Å²) in [7, 11) is 0. The molecule has 3 aliphatic heterocycles.